The molecule has 2 atom stereocenters. The fourth-order valence-corrected chi connectivity index (χ4v) is 3.65. The second kappa shape index (κ2) is 7.85. The van der Waals surface area contributed by atoms with Gasteiger partial charge in [-0.1, -0.05) is 6.07 Å². The van der Waals surface area contributed by atoms with E-state index in [2.05, 4.69) is 0 Å². The molecule has 3 rings (SSSR count). The topological polar surface area (TPSA) is 66.9 Å². The highest BCUT2D eigenvalue weighted by molar-refractivity contribution is 6.00. The van der Waals surface area contributed by atoms with Gasteiger partial charge in [0.1, 0.15) is 5.82 Å². The highest BCUT2D eigenvalue weighted by Crippen LogP contribution is 2.28. The van der Waals surface area contributed by atoms with Gasteiger partial charge < -0.3 is 14.5 Å². The lowest BCUT2D eigenvalue weighted by atomic mass is 9.96. The Morgan fingerprint density at radius 2 is 2.08 bits per heavy atom. The van der Waals surface area contributed by atoms with Crippen LogP contribution in [0.4, 0.5) is 10.1 Å². The molecular formula is C19H23FN2O4. The number of hydrogen-bond acceptors (Lipinski definition) is 4. The van der Waals surface area contributed by atoms with E-state index in [1.165, 1.54) is 17.0 Å². The molecular weight excluding hydrogens is 339 g/mol. The minimum atomic E-state index is -0.466. The number of anilines is 1. The third kappa shape index (κ3) is 3.86. The van der Waals surface area contributed by atoms with Crippen molar-refractivity contribution < 1.29 is 23.5 Å². The molecule has 2 heterocycles. The van der Waals surface area contributed by atoms with Crippen LogP contribution in [0.2, 0.25) is 0 Å². The maximum absolute atomic E-state index is 13.4. The minimum absolute atomic E-state index is 0.107. The predicted molar refractivity (Wildman–Crippen MR) is 92.8 cm³/mol. The third-order valence-corrected chi connectivity index (χ3v) is 4.95. The monoisotopic (exact) mass is 362 g/mol. The maximum atomic E-state index is 13.4. The second-order valence-corrected chi connectivity index (χ2v) is 6.76. The summed E-state index contributed by atoms with van der Waals surface area (Å²) in [7, 11) is 0. The molecule has 7 heteroatoms. The molecule has 0 radical (unpaired) electrons. The first-order chi connectivity index (χ1) is 12.5. The summed E-state index contributed by atoms with van der Waals surface area (Å²) in [6.07, 6.45) is 1.56. The largest absolute Gasteiger partial charge is 0.466 e. The molecule has 6 nitrogen and oxygen atoms in total. The van der Waals surface area contributed by atoms with Crippen molar-refractivity contribution in [1.29, 1.82) is 0 Å². The van der Waals surface area contributed by atoms with Crippen LogP contribution in [0.15, 0.2) is 24.3 Å². The van der Waals surface area contributed by atoms with Crippen molar-refractivity contribution in [2.45, 2.75) is 26.2 Å². The van der Waals surface area contributed by atoms with Gasteiger partial charge >= 0.3 is 5.97 Å². The van der Waals surface area contributed by atoms with Crippen molar-refractivity contribution in [2.24, 2.45) is 11.8 Å². The Balaban J connectivity index is 1.65. The lowest BCUT2D eigenvalue weighted by molar-refractivity contribution is -0.152. The third-order valence-electron chi connectivity index (χ3n) is 4.95. The highest BCUT2D eigenvalue weighted by Gasteiger charge is 2.39. The molecule has 1 aromatic carbocycles. The van der Waals surface area contributed by atoms with Crippen LogP contribution in [0, 0.1) is 17.7 Å². The van der Waals surface area contributed by atoms with Crippen LogP contribution in [-0.4, -0.2) is 48.9 Å². The number of likely N-dealkylation sites (tertiary alicyclic amines) is 1. The Bertz CT molecular complexity index is 709. The molecule has 2 aliphatic rings. The van der Waals surface area contributed by atoms with Crippen molar-refractivity contribution in [3.63, 3.8) is 0 Å². The van der Waals surface area contributed by atoms with Crippen LogP contribution in [0.1, 0.15) is 26.2 Å². The Kier molecular flexibility index (Phi) is 5.54. The van der Waals surface area contributed by atoms with E-state index in [-0.39, 0.29) is 36.7 Å². The van der Waals surface area contributed by atoms with Gasteiger partial charge in [-0.25, -0.2) is 4.39 Å². The van der Waals surface area contributed by atoms with Gasteiger partial charge in [0.25, 0.3) is 0 Å². The number of carbonyl (C=O) groups excluding carboxylic acids is 3. The van der Waals surface area contributed by atoms with Crippen LogP contribution in [0.3, 0.4) is 0 Å². The summed E-state index contributed by atoms with van der Waals surface area (Å²) < 4.78 is 18.5. The van der Waals surface area contributed by atoms with Gasteiger partial charge in [0, 0.05) is 31.7 Å². The van der Waals surface area contributed by atoms with E-state index in [0.717, 1.165) is 6.42 Å². The molecule has 0 N–H and O–H groups in total. The summed E-state index contributed by atoms with van der Waals surface area (Å²) in [6, 6.07) is 5.81. The molecule has 2 fully saturated rings. The number of hydrogen-bond donors (Lipinski definition) is 0. The standard InChI is InChI=1S/C19H23FN2O4/c1-2-26-19(25)13-5-4-8-21(11-13)18(24)14-9-17(23)22(12-14)16-7-3-6-15(20)10-16/h3,6-7,10,13-14H,2,4-5,8-9,11-12H2,1H3/t13-,14+/m0/s1. The zero-order valence-corrected chi connectivity index (χ0v) is 14.8. The zero-order chi connectivity index (χ0) is 18.7. The number of esters is 1. The predicted octanol–water partition coefficient (Wildman–Crippen LogP) is 1.98. The van der Waals surface area contributed by atoms with E-state index in [1.807, 2.05) is 0 Å². The van der Waals surface area contributed by atoms with Crippen molar-refractivity contribution in [1.82, 2.24) is 4.90 Å². The van der Waals surface area contributed by atoms with Gasteiger partial charge in [-0.2, -0.15) is 0 Å². The van der Waals surface area contributed by atoms with Gasteiger partial charge in [0.2, 0.25) is 11.8 Å². The van der Waals surface area contributed by atoms with E-state index in [1.54, 1.807) is 24.0 Å². The summed E-state index contributed by atoms with van der Waals surface area (Å²) in [6.45, 7) is 3.24. The number of carbonyl (C=O) groups is 3. The van der Waals surface area contributed by atoms with Gasteiger partial charge in [-0.05, 0) is 38.0 Å². The van der Waals surface area contributed by atoms with E-state index in [9.17, 15) is 18.8 Å². The van der Waals surface area contributed by atoms with Gasteiger partial charge in [0.05, 0.1) is 18.4 Å². The normalized spacial score (nSPS) is 23.2. The van der Waals surface area contributed by atoms with Crippen LogP contribution in [0.25, 0.3) is 0 Å². The van der Waals surface area contributed by atoms with E-state index in [4.69, 9.17) is 4.74 Å². The number of amides is 2. The first-order valence-corrected chi connectivity index (χ1v) is 9.01. The van der Waals surface area contributed by atoms with Gasteiger partial charge in [-0.3, -0.25) is 14.4 Å². The van der Waals surface area contributed by atoms with Crippen LogP contribution in [0.5, 0.6) is 0 Å². The highest BCUT2D eigenvalue weighted by atomic mass is 19.1. The smallest absolute Gasteiger partial charge is 0.310 e. The lowest BCUT2D eigenvalue weighted by Crippen LogP contribution is -2.45. The quantitative estimate of drug-likeness (QED) is 0.768. The molecule has 0 aromatic heterocycles. The molecule has 140 valence electrons. The summed E-state index contributed by atoms with van der Waals surface area (Å²) in [5.74, 6) is -1.76. The molecule has 2 aliphatic heterocycles. The number of benzene rings is 1. The number of piperidine rings is 1. The van der Waals surface area contributed by atoms with Crippen molar-refractivity contribution >= 4 is 23.5 Å². The number of halogens is 1. The fraction of sp³-hybridized carbons (Fsp3) is 0.526. The molecule has 0 bridgehead atoms. The Labute approximate surface area is 151 Å². The molecule has 2 amide bonds. The van der Waals surface area contributed by atoms with Gasteiger partial charge in [0.15, 0.2) is 0 Å². The summed E-state index contributed by atoms with van der Waals surface area (Å²) in [4.78, 5) is 40.2. The van der Waals surface area contributed by atoms with Crippen molar-refractivity contribution in [2.75, 3.05) is 31.1 Å². The molecule has 1 aromatic rings. The van der Waals surface area contributed by atoms with Crippen molar-refractivity contribution in [3.05, 3.63) is 30.1 Å². The van der Waals surface area contributed by atoms with E-state index >= 15 is 0 Å². The SMILES string of the molecule is CCOC(=O)[C@H]1CCCN(C(=O)[C@@H]2CC(=O)N(c3cccc(F)c3)C2)C1. The van der Waals surface area contributed by atoms with Crippen LogP contribution in [-0.2, 0) is 19.1 Å². The van der Waals surface area contributed by atoms with E-state index in [0.29, 0.717) is 31.8 Å². The fourth-order valence-electron chi connectivity index (χ4n) is 3.65. The average molecular weight is 362 g/mol. The lowest BCUT2D eigenvalue weighted by Gasteiger charge is -2.33. The number of ether oxygens (including phenoxy) is 1. The molecule has 0 aliphatic carbocycles. The summed E-state index contributed by atoms with van der Waals surface area (Å²) in [5.41, 5.74) is 0.466. The maximum Gasteiger partial charge on any atom is 0.310 e. The second-order valence-electron chi connectivity index (χ2n) is 6.76. The first kappa shape index (κ1) is 18.4. The number of rotatable bonds is 4. The zero-order valence-electron chi connectivity index (χ0n) is 14.8. The van der Waals surface area contributed by atoms with E-state index < -0.39 is 11.7 Å². The molecule has 0 unspecified atom stereocenters. The van der Waals surface area contributed by atoms with Gasteiger partial charge in [-0.15, -0.1) is 0 Å². The summed E-state index contributed by atoms with van der Waals surface area (Å²) >= 11 is 0. The molecule has 26 heavy (non-hydrogen) atoms. The van der Waals surface area contributed by atoms with Crippen LogP contribution >= 0.6 is 0 Å². The Morgan fingerprint density at radius 1 is 1.27 bits per heavy atom. The number of nitrogens with zero attached hydrogens (tertiary/aromatic N) is 2. The van der Waals surface area contributed by atoms with Crippen molar-refractivity contribution in [3.8, 4) is 0 Å². The van der Waals surface area contributed by atoms with Crippen LogP contribution < -0.4 is 4.90 Å². The molecule has 2 saturated heterocycles. The minimum Gasteiger partial charge on any atom is -0.466 e. The Morgan fingerprint density at radius 3 is 2.81 bits per heavy atom. The molecule has 0 saturated carbocycles. The Hall–Kier alpha value is -2.44. The summed E-state index contributed by atoms with van der Waals surface area (Å²) in [5, 5.41) is 0. The average Bonchev–Trinajstić information content (AvgIpc) is 3.03. The first-order valence-electron chi connectivity index (χ1n) is 9.01. The molecule has 0 spiro atoms.